The van der Waals surface area contributed by atoms with Crippen LogP contribution in [0.1, 0.15) is 19.8 Å². The smallest absolute Gasteiger partial charge is 0.252 e. The number of likely N-dealkylation sites (tertiary alicyclic amines) is 1. The van der Waals surface area contributed by atoms with Gasteiger partial charge in [-0.05, 0) is 19.4 Å². The molecule has 0 spiro atoms. The largest absolute Gasteiger partial charge is 0.276 e. The molecule has 60 valence electrons. The lowest BCUT2D eigenvalue weighted by Gasteiger charge is -2.16. The molecule has 3 nitrogen and oxygen atoms in total. The Bertz CT molecular complexity index is 210. The molecule has 0 aliphatic carbocycles. The van der Waals surface area contributed by atoms with E-state index in [1.54, 1.807) is 0 Å². The van der Waals surface area contributed by atoms with E-state index in [1.165, 1.54) is 11.0 Å². The zero-order valence-electron chi connectivity index (χ0n) is 6.54. The van der Waals surface area contributed by atoms with Crippen molar-refractivity contribution in [1.29, 1.82) is 0 Å². The van der Waals surface area contributed by atoms with E-state index in [0.29, 0.717) is 6.42 Å². The lowest BCUT2D eigenvalue weighted by molar-refractivity contribution is -0.140. The van der Waals surface area contributed by atoms with E-state index in [0.717, 1.165) is 6.42 Å². The number of imide groups is 1. The number of carbonyl (C=O) groups excluding carboxylic acids is 2. The normalized spacial score (nSPS) is 23.9. The second kappa shape index (κ2) is 2.86. The summed E-state index contributed by atoms with van der Waals surface area (Å²) >= 11 is 0. The number of carbonyl (C=O) groups is 2. The van der Waals surface area contributed by atoms with Gasteiger partial charge in [0.05, 0.1) is 0 Å². The van der Waals surface area contributed by atoms with Crippen LogP contribution in [0.4, 0.5) is 0 Å². The molecule has 0 radical (unpaired) electrons. The first-order valence-electron chi connectivity index (χ1n) is 3.65. The molecule has 1 unspecified atom stereocenters. The number of nitrogens with zero attached hydrogens (tertiary/aromatic N) is 1. The fraction of sp³-hybridized carbons (Fsp3) is 0.500. The van der Waals surface area contributed by atoms with E-state index in [1.807, 2.05) is 6.92 Å². The van der Waals surface area contributed by atoms with E-state index >= 15 is 0 Å². The molecule has 0 aromatic carbocycles. The van der Waals surface area contributed by atoms with Crippen LogP contribution < -0.4 is 0 Å². The van der Waals surface area contributed by atoms with Crippen LogP contribution in [-0.2, 0) is 9.59 Å². The Labute approximate surface area is 65.7 Å². The molecule has 1 aliphatic rings. The summed E-state index contributed by atoms with van der Waals surface area (Å²) in [6, 6.07) is 0.0491. The van der Waals surface area contributed by atoms with E-state index in [2.05, 4.69) is 6.58 Å². The lowest BCUT2D eigenvalue weighted by atomic mass is 10.2. The molecule has 0 aromatic rings. The second-order valence-electron chi connectivity index (χ2n) is 2.69. The van der Waals surface area contributed by atoms with Gasteiger partial charge in [-0.15, -0.1) is 0 Å². The summed E-state index contributed by atoms with van der Waals surface area (Å²) in [6.07, 6.45) is 2.44. The second-order valence-corrected chi connectivity index (χ2v) is 2.69. The van der Waals surface area contributed by atoms with Crippen molar-refractivity contribution in [2.24, 2.45) is 0 Å². The predicted molar refractivity (Wildman–Crippen MR) is 40.7 cm³/mol. The highest BCUT2D eigenvalue weighted by Gasteiger charge is 2.30. The first-order chi connectivity index (χ1) is 5.16. The summed E-state index contributed by atoms with van der Waals surface area (Å²) in [5, 5.41) is 0. The van der Waals surface area contributed by atoms with Gasteiger partial charge in [0, 0.05) is 12.5 Å². The van der Waals surface area contributed by atoms with Gasteiger partial charge >= 0.3 is 0 Å². The van der Waals surface area contributed by atoms with E-state index in [-0.39, 0.29) is 17.9 Å². The molecule has 2 amide bonds. The molecule has 0 N–H and O–H groups in total. The molecule has 0 aromatic heterocycles. The summed E-state index contributed by atoms with van der Waals surface area (Å²) in [5.41, 5.74) is 0. The van der Waals surface area contributed by atoms with Gasteiger partial charge in [-0.3, -0.25) is 14.5 Å². The fourth-order valence-corrected chi connectivity index (χ4v) is 1.27. The molecule has 3 heteroatoms. The molecular weight excluding hydrogens is 142 g/mol. The molecule has 1 heterocycles. The highest BCUT2D eigenvalue weighted by atomic mass is 16.2. The first-order valence-corrected chi connectivity index (χ1v) is 3.65. The minimum absolute atomic E-state index is 0.0491. The van der Waals surface area contributed by atoms with Gasteiger partial charge in [0.1, 0.15) is 0 Å². The van der Waals surface area contributed by atoms with Gasteiger partial charge in [-0.25, -0.2) is 0 Å². The Morgan fingerprint density at radius 2 is 2.45 bits per heavy atom. The summed E-state index contributed by atoms with van der Waals surface area (Å²) in [4.78, 5) is 23.3. The fourth-order valence-electron chi connectivity index (χ4n) is 1.27. The van der Waals surface area contributed by atoms with Gasteiger partial charge < -0.3 is 0 Å². The van der Waals surface area contributed by atoms with Crippen LogP contribution in [0.25, 0.3) is 0 Å². The maximum atomic E-state index is 11.0. The van der Waals surface area contributed by atoms with Gasteiger partial charge in [-0.1, -0.05) is 6.58 Å². The number of hydrogen-bond donors (Lipinski definition) is 0. The highest BCUT2D eigenvalue weighted by molar-refractivity contribution is 6.02. The van der Waals surface area contributed by atoms with Crippen molar-refractivity contribution in [2.45, 2.75) is 25.8 Å². The quantitative estimate of drug-likeness (QED) is 0.520. The van der Waals surface area contributed by atoms with Crippen LogP contribution in [-0.4, -0.2) is 22.8 Å². The topological polar surface area (TPSA) is 37.4 Å². The molecule has 1 fully saturated rings. The standard InChI is InChI=1S/C8H11NO2/c1-3-7(10)9-6(2)4-5-8(9)11/h3,6H,1,4-5H2,2H3. The minimum atomic E-state index is -0.278. The van der Waals surface area contributed by atoms with Crippen molar-refractivity contribution < 1.29 is 9.59 Å². The predicted octanol–water partition coefficient (Wildman–Crippen LogP) is 0.710. The van der Waals surface area contributed by atoms with E-state index in [9.17, 15) is 9.59 Å². The molecule has 1 saturated heterocycles. The molecule has 1 aliphatic heterocycles. The van der Waals surface area contributed by atoms with Crippen molar-refractivity contribution in [2.75, 3.05) is 0 Å². The third kappa shape index (κ3) is 1.31. The maximum absolute atomic E-state index is 11.0. The third-order valence-corrected chi connectivity index (χ3v) is 1.90. The van der Waals surface area contributed by atoms with Crippen molar-refractivity contribution in [3.63, 3.8) is 0 Å². The minimum Gasteiger partial charge on any atom is -0.276 e. The molecule has 0 bridgehead atoms. The molecule has 11 heavy (non-hydrogen) atoms. The van der Waals surface area contributed by atoms with Crippen molar-refractivity contribution in [3.05, 3.63) is 12.7 Å². The van der Waals surface area contributed by atoms with Crippen molar-refractivity contribution in [1.82, 2.24) is 4.90 Å². The van der Waals surface area contributed by atoms with Gasteiger partial charge in [0.25, 0.3) is 5.91 Å². The van der Waals surface area contributed by atoms with Crippen LogP contribution in [0.2, 0.25) is 0 Å². The molecule has 0 saturated carbocycles. The van der Waals surface area contributed by atoms with Crippen LogP contribution in [0.5, 0.6) is 0 Å². The maximum Gasteiger partial charge on any atom is 0.252 e. The summed E-state index contributed by atoms with van der Waals surface area (Å²) in [7, 11) is 0. The van der Waals surface area contributed by atoms with E-state index in [4.69, 9.17) is 0 Å². The SMILES string of the molecule is C=CC(=O)N1C(=O)CCC1C. The Hall–Kier alpha value is -1.12. The van der Waals surface area contributed by atoms with Crippen LogP contribution >= 0.6 is 0 Å². The Morgan fingerprint density at radius 3 is 2.82 bits per heavy atom. The zero-order valence-corrected chi connectivity index (χ0v) is 6.54. The Morgan fingerprint density at radius 1 is 1.82 bits per heavy atom. The third-order valence-electron chi connectivity index (χ3n) is 1.90. The average molecular weight is 153 g/mol. The number of rotatable bonds is 1. The van der Waals surface area contributed by atoms with Gasteiger partial charge in [0.2, 0.25) is 5.91 Å². The highest BCUT2D eigenvalue weighted by Crippen LogP contribution is 2.17. The molecule has 1 atom stereocenters. The summed E-state index contributed by atoms with van der Waals surface area (Å²) in [5.74, 6) is -0.359. The lowest BCUT2D eigenvalue weighted by Crippen LogP contribution is -2.35. The van der Waals surface area contributed by atoms with Gasteiger partial charge in [-0.2, -0.15) is 0 Å². The Balaban J connectivity index is 2.76. The molecular formula is C8H11NO2. The first kappa shape index (κ1) is 7.98. The average Bonchev–Trinajstić information content (AvgIpc) is 2.30. The van der Waals surface area contributed by atoms with E-state index < -0.39 is 0 Å². The van der Waals surface area contributed by atoms with Crippen LogP contribution in [0.15, 0.2) is 12.7 Å². The van der Waals surface area contributed by atoms with Gasteiger partial charge in [0.15, 0.2) is 0 Å². The zero-order chi connectivity index (χ0) is 8.43. The Kier molecular flexibility index (Phi) is 2.08. The number of hydrogen-bond acceptors (Lipinski definition) is 2. The van der Waals surface area contributed by atoms with Crippen LogP contribution in [0.3, 0.4) is 0 Å². The molecule has 1 rings (SSSR count). The van der Waals surface area contributed by atoms with Crippen molar-refractivity contribution >= 4 is 11.8 Å². The summed E-state index contributed by atoms with van der Waals surface area (Å²) in [6.45, 7) is 5.20. The van der Waals surface area contributed by atoms with Crippen LogP contribution in [0, 0.1) is 0 Å². The monoisotopic (exact) mass is 153 g/mol. The number of amides is 2. The van der Waals surface area contributed by atoms with Crippen molar-refractivity contribution in [3.8, 4) is 0 Å². The summed E-state index contributed by atoms with van der Waals surface area (Å²) < 4.78 is 0.